The summed E-state index contributed by atoms with van der Waals surface area (Å²) in [4.78, 5) is 21.8. The number of aromatic carboxylic acids is 1. The van der Waals surface area contributed by atoms with Gasteiger partial charge in [-0.3, -0.25) is 0 Å². The summed E-state index contributed by atoms with van der Waals surface area (Å²) >= 11 is 0. The van der Waals surface area contributed by atoms with E-state index in [9.17, 15) is 4.79 Å². The lowest BCUT2D eigenvalue weighted by molar-refractivity contribution is 0.0690. The number of carboxylic acid groups (broad SMARTS) is 1. The van der Waals surface area contributed by atoms with Gasteiger partial charge < -0.3 is 9.52 Å². The summed E-state index contributed by atoms with van der Waals surface area (Å²) in [5, 5.41) is 8.56. The van der Waals surface area contributed by atoms with Crippen molar-refractivity contribution in [3.05, 3.63) is 30.5 Å². The first-order chi connectivity index (χ1) is 6.77. The Morgan fingerprint density at radius 3 is 2.64 bits per heavy atom. The zero-order chi connectivity index (χ0) is 9.97. The third-order valence-corrected chi connectivity index (χ3v) is 1.52. The molecule has 0 aromatic carbocycles. The van der Waals surface area contributed by atoms with E-state index in [1.807, 2.05) is 0 Å². The first kappa shape index (κ1) is 8.36. The quantitative estimate of drug-likeness (QED) is 0.756. The number of hydrogen-bond donors (Lipinski definition) is 1. The number of nitrogens with zero attached hydrogens (tertiary/aromatic N) is 3. The van der Waals surface area contributed by atoms with Crippen molar-refractivity contribution in [2.75, 3.05) is 0 Å². The van der Waals surface area contributed by atoms with Crippen LogP contribution in [-0.4, -0.2) is 26.0 Å². The Balaban J connectivity index is 2.36. The third kappa shape index (κ3) is 1.45. The van der Waals surface area contributed by atoms with Crippen LogP contribution >= 0.6 is 0 Å². The predicted molar refractivity (Wildman–Crippen MR) is 44.5 cm³/mol. The molecule has 70 valence electrons. The van der Waals surface area contributed by atoms with Crippen LogP contribution in [0, 0.1) is 0 Å². The second-order valence-electron chi connectivity index (χ2n) is 2.43. The Bertz CT molecular complexity index is 435. The van der Waals surface area contributed by atoms with E-state index in [1.54, 1.807) is 0 Å². The normalized spacial score (nSPS) is 10.0. The smallest absolute Gasteiger partial charge is 0.356 e. The third-order valence-electron chi connectivity index (χ3n) is 1.52. The molecule has 2 aromatic rings. The van der Waals surface area contributed by atoms with Gasteiger partial charge in [-0.1, -0.05) is 0 Å². The van der Waals surface area contributed by atoms with Crippen LogP contribution in [0.1, 0.15) is 10.5 Å². The van der Waals surface area contributed by atoms with Gasteiger partial charge in [0.1, 0.15) is 12.0 Å². The predicted octanol–water partition coefficient (Wildman–Crippen LogP) is 0.830. The average Bonchev–Trinajstić information content (AvgIpc) is 2.71. The molecule has 0 bridgehead atoms. The topological polar surface area (TPSA) is 89.1 Å². The molecule has 0 amide bonds. The van der Waals surface area contributed by atoms with Gasteiger partial charge in [-0.2, -0.15) is 0 Å². The minimum absolute atomic E-state index is 0.111. The molecule has 0 aliphatic rings. The van der Waals surface area contributed by atoms with Gasteiger partial charge in [-0.15, -0.1) is 0 Å². The molecular weight excluding hydrogens is 186 g/mol. The van der Waals surface area contributed by atoms with Gasteiger partial charge >= 0.3 is 5.97 Å². The Labute approximate surface area is 78.3 Å². The lowest BCUT2D eigenvalue weighted by Crippen LogP contribution is -2.01. The molecule has 0 radical (unpaired) electrons. The molecule has 1 N–H and O–H groups in total. The maximum absolute atomic E-state index is 10.5. The van der Waals surface area contributed by atoms with Crippen LogP contribution in [0.2, 0.25) is 0 Å². The summed E-state index contributed by atoms with van der Waals surface area (Å²) in [5.74, 6) is -0.800. The number of rotatable bonds is 2. The summed E-state index contributed by atoms with van der Waals surface area (Å²) in [6, 6.07) is 0. The van der Waals surface area contributed by atoms with Crippen LogP contribution in [0.15, 0.2) is 29.3 Å². The van der Waals surface area contributed by atoms with Gasteiger partial charge in [0.05, 0.1) is 18.6 Å². The molecule has 14 heavy (non-hydrogen) atoms. The van der Waals surface area contributed by atoms with Crippen molar-refractivity contribution >= 4 is 5.97 Å². The summed E-state index contributed by atoms with van der Waals surface area (Å²) in [6.07, 6.45) is 5.33. The Kier molecular flexibility index (Phi) is 1.94. The van der Waals surface area contributed by atoms with Crippen molar-refractivity contribution in [1.82, 2.24) is 15.0 Å². The van der Waals surface area contributed by atoms with Crippen molar-refractivity contribution in [2.45, 2.75) is 0 Å². The van der Waals surface area contributed by atoms with Gasteiger partial charge in [0.15, 0.2) is 5.69 Å². The maximum atomic E-state index is 10.5. The highest BCUT2D eigenvalue weighted by molar-refractivity contribution is 5.84. The van der Waals surface area contributed by atoms with Crippen LogP contribution in [0.5, 0.6) is 0 Å². The van der Waals surface area contributed by atoms with E-state index < -0.39 is 5.97 Å². The summed E-state index contributed by atoms with van der Waals surface area (Å²) in [7, 11) is 0. The molecule has 0 unspecified atom stereocenters. The molecule has 0 fully saturated rings. The molecule has 6 heteroatoms. The van der Waals surface area contributed by atoms with Gasteiger partial charge in [0.2, 0.25) is 5.89 Å². The van der Waals surface area contributed by atoms with Crippen molar-refractivity contribution < 1.29 is 14.3 Å². The second-order valence-corrected chi connectivity index (χ2v) is 2.43. The molecule has 6 nitrogen and oxygen atoms in total. The van der Waals surface area contributed by atoms with Gasteiger partial charge in [-0.05, 0) is 0 Å². The molecule has 0 saturated heterocycles. The first-order valence-corrected chi connectivity index (χ1v) is 3.72. The molecule has 2 heterocycles. The number of oxazole rings is 1. The summed E-state index contributed by atoms with van der Waals surface area (Å²) in [6.45, 7) is 0. The van der Waals surface area contributed by atoms with Crippen LogP contribution < -0.4 is 0 Å². The number of hydrogen-bond acceptors (Lipinski definition) is 5. The second kappa shape index (κ2) is 3.25. The fourth-order valence-corrected chi connectivity index (χ4v) is 0.899. The zero-order valence-electron chi connectivity index (χ0n) is 6.91. The Hall–Kier alpha value is -2.24. The minimum atomic E-state index is -1.11. The minimum Gasteiger partial charge on any atom is -0.476 e. The largest absolute Gasteiger partial charge is 0.476 e. The lowest BCUT2D eigenvalue weighted by atomic mass is 10.4. The standard InChI is InChI=1S/C8H5N3O3/c12-8(13)6-4-10-5(3-11-6)7-9-1-2-14-7/h1-4H,(H,12,13). The highest BCUT2D eigenvalue weighted by atomic mass is 16.4. The monoisotopic (exact) mass is 191 g/mol. The van der Waals surface area contributed by atoms with Crippen molar-refractivity contribution in [1.29, 1.82) is 0 Å². The van der Waals surface area contributed by atoms with Gasteiger partial charge in [0, 0.05) is 0 Å². The summed E-state index contributed by atoms with van der Waals surface area (Å²) in [5.41, 5.74) is 0.292. The molecule has 2 rings (SSSR count). The molecule has 0 aliphatic carbocycles. The van der Waals surface area contributed by atoms with Crippen molar-refractivity contribution in [2.24, 2.45) is 0 Å². The summed E-state index contributed by atoms with van der Waals surface area (Å²) < 4.78 is 4.96. The van der Waals surface area contributed by atoms with E-state index in [0.29, 0.717) is 11.6 Å². The average molecular weight is 191 g/mol. The molecule has 2 aromatic heterocycles. The van der Waals surface area contributed by atoms with Crippen LogP contribution in [-0.2, 0) is 0 Å². The van der Waals surface area contributed by atoms with E-state index in [1.165, 1.54) is 18.7 Å². The molecular formula is C8H5N3O3. The van der Waals surface area contributed by atoms with Gasteiger partial charge in [-0.25, -0.2) is 19.7 Å². The fraction of sp³-hybridized carbons (Fsp3) is 0. The number of carbonyl (C=O) groups is 1. The number of carboxylic acids is 1. The molecule has 0 saturated carbocycles. The SMILES string of the molecule is O=C(O)c1cnc(-c2ncco2)cn1. The highest BCUT2D eigenvalue weighted by Gasteiger charge is 2.08. The Morgan fingerprint density at radius 1 is 1.29 bits per heavy atom. The van der Waals surface area contributed by atoms with Crippen LogP contribution in [0.3, 0.4) is 0 Å². The highest BCUT2D eigenvalue weighted by Crippen LogP contribution is 2.11. The number of aromatic nitrogens is 3. The maximum Gasteiger partial charge on any atom is 0.356 e. The van der Waals surface area contributed by atoms with E-state index in [2.05, 4.69) is 15.0 Å². The first-order valence-electron chi connectivity index (χ1n) is 3.72. The molecule has 0 spiro atoms. The Morgan fingerprint density at radius 2 is 2.14 bits per heavy atom. The van der Waals surface area contributed by atoms with Crippen LogP contribution in [0.4, 0.5) is 0 Å². The fourth-order valence-electron chi connectivity index (χ4n) is 0.899. The lowest BCUT2D eigenvalue weighted by Gasteiger charge is -1.94. The molecule has 0 aliphatic heterocycles. The van der Waals surface area contributed by atoms with E-state index in [-0.39, 0.29) is 5.69 Å². The van der Waals surface area contributed by atoms with Crippen molar-refractivity contribution in [3.63, 3.8) is 0 Å². The van der Waals surface area contributed by atoms with E-state index in [4.69, 9.17) is 9.52 Å². The van der Waals surface area contributed by atoms with E-state index >= 15 is 0 Å². The van der Waals surface area contributed by atoms with E-state index in [0.717, 1.165) is 6.20 Å². The van der Waals surface area contributed by atoms with Gasteiger partial charge in [0.25, 0.3) is 0 Å². The van der Waals surface area contributed by atoms with Crippen LogP contribution in [0.25, 0.3) is 11.6 Å². The zero-order valence-corrected chi connectivity index (χ0v) is 6.91. The van der Waals surface area contributed by atoms with Crippen molar-refractivity contribution in [3.8, 4) is 11.6 Å². The molecule has 0 atom stereocenters.